The normalized spacial score (nSPS) is 37.0. The standard InChI is InChI=1S/C17H33N/c1-14(2)11-16-9-7-5-6-8-10-17(13-16,18-16)12-15(3)4/h14-15,18H,5-13H2,1-4H3. The molecule has 2 unspecified atom stereocenters. The van der Waals surface area contributed by atoms with Gasteiger partial charge in [-0.15, -0.1) is 0 Å². The number of nitrogens with one attached hydrogen (secondary N) is 1. The quantitative estimate of drug-likeness (QED) is 0.749. The highest BCUT2D eigenvalue weighted by Gasteiger charge is 2.52. The van der Waals surface area contributed by atoms with Gasteiger partial charge in [0.2, 0.25) is 0 Å². The summed E-state index contributed by atoms with van der Waals surface area (Å²) in [6, 6.07) is 0. The van der Waals surface area contributed by atoms with Crippen molar-refractivity contribution in [2.45, 2.75) is 96.6 Å². The van der Waals surface area contributed by atoms with E-state index in [9.17, 15) is 0 Å². The third-order valence-electron chi connectivity index (χ3n) is 4.87. The second-order valence-corrected chi connectivity index (χ2v) is 7.97. The lowest BCUT2D eigenvalue weighted by Crippen LogP contribution is -2.72. The first-order valence-corrected chi connectivity index (χ1v) is 8.25. The Balaban J connectivity index is 2.05. The second-order valence-electron chi connectivity index (χ2n) is 7.97. The van der Waals surface area contributed by atoms with E-state index in [0.717, 1.165) is 11.8 Å². The van der Waals surface area contributed by atoms with E-state index in [1.54, 1.807) is 0 Å². The van der Waals surface area contributed by atoms with E-state index in [-0.39, 0.29) is 0 Å². The van der Waals surface area contributed by atoms with Crippen LogP contribution in [-0.2, 0) is 0 Å². The van der Waals surface area contributed by atoms with Gasteiger partial charge in [-0.3, -0.25) is 0 Å². The fourth-order valence-electron chi connectivity index (χ4n) is 4.79. The maximum atomic E-state index is 4.11. The second kappa shape index (κ2) is 5.53. The van der Waals surface area contributed by atoms with Gasteiger partial charge in [-0.2, -0.15) is 0 Å². The summed E-state index contributed by atoms with van der Waals surface area (Å²) in [7, 11) is 0. The Morgan fingerprint density at radius 3 is 1.50 bits per heavy atom. The molecule has 0 radical (unpaired) electrons. The molecule has 0 spiro atoms. The van der Waals surface area contributed by atoms with Crippen molar-refractivity contribution in [3.8, 4) is 0 Å². The third kappa shape index (κ3) is 3.29. The average Bonchev–Trinajstić information content (AvgIpc) is 2.29. The van der Waals surface area contributed by atoms with Crippen LogP contribution in [0.1, 0.15) is 85.5 Å². The van der Waals surface area contributed by atoms with Crippen molar-refractivity contribution >= 4 is 0 Å². The molecule has 3 aliphatic rings. The fraction of sp³-hybridized carbons (Fsp3) is 1.00. The van der Waals surface area contributed by atoms with E-state index >= 15 is 0 Å². The van der Waals surface area contributed by atoms with Crippen LogP contribution in [0.25, 0.3) is 0 Å². The van der Waals surface area contributed by atoms with Gasteiger partial charge in [-0.05, 0) is 43.9 Å². The fourth-order valence-corrected chi connectivity index (χ4v) is 4.79. The SMILES string of the molecule is CC(C)CC12CCCCCCC(CC(C)C)(C1)N2. The highest BCUT2D eigenvalue weighted by molar-refractivity contribution is 5.13. The van der Waals surface area contributed by atoms with Crippen LogP contribution in [0.2, 0.25) is 0 Å². The van der Waals surface area contributed by atoms with Crippen LogP contribution >= 0.6 is 0 Å². The van der Waals surface area contributed by atoms with Crippen LogP contribution in [0.15, 0.2) is 0 Å². The summed E-state index contributed by atoms with van der Waals surface area (Å²) >= 11 is 0. The lowest BCUT2D eigenvalue weighted by Gasteiger charge is -2.60. The zero-order valence-corrected chi connectivity index (χ0v) is 13.0. The van der Waals surface area contributed by atoms with E-state index in [1.807, 2.05) is 0 Å². The number of hydrogen-bond donors (Lipinski definition) is 1. The van der Waals surface area contributed by atoms with E-state index < -0.39 is 0 Å². The molecule has 2 bridgehead atoms. The molecule has 0 amide bonds. The highest BCUT2D eigenvalue weighted by Crippen LogP contribution is 2.48. The van der Waals surface area contributed by atoms with Crippen molar-refractivity contribution < 1.29 is 0 Å². The molecule has 2 atom stereocenters. The molecule has 2 aliphatic heterocycles. The number of rotatable bonds is 4. The first-order valence-electron chi connectivity index (χ1n) is 8.25. The van der Waals surface area contributed by atoms with Crippen LogP contribution in [-0.4, -0.2) is 11.1 Å². The zero-order valence-electron chi connectivity index (χ0n) is 13.0. The Labute approximate surface area is 114 Å². The maximum absolute atomic E-state index is 4.11. The van der Waals surface area contributed by atoms with Crippen LogP contribution in [0, 0.1) is 11.8 Å². The summed E-state index contributed by atoms with van der Waals surface area (Å²) in [5.74, 6) is 1.66. The Hall–Kier alpha value is -0.0400. The lowest BCUT2D eigenvalue weighted by atomic mass is 9.62. The Kier molecular flexibility index (Phi) is 4.41. The molecule has 1 N–H and O–H groups in total. The van der Waals surface area contributed by atoms with Crippen molar-refractivity contribution in [3.05, 3.63) is 0 Å². The van der Waals surface area contributed by atoms with Gasteiger partial charge in [0, 0.05) is 11.1 Å². The molecule has 3 fully saturated rings. The van der Waals surface area contributed by atoms with E-state index in [0.29, 0.717) is 11.1 Å². The summed E-state index contributed by atoms with van der Waals surface area (Å²) in [5.41, 5.74) is 1.01. The Morgan fingerprint density at radius 1 is 0.778 bits per heavy atom. The molecule has 1 aliphatic carbocycles. The Morgan fingerprint density at radius 2 is 1.17 bits per heavy atom. The van der Waals surface area contributed by atoms with Gasteiger partial charge in [-0.1, -0.05) is 53.4 Å². The monoisotopic (exact) mass is 251 g/mol. The van der Waals surface area contributed by atoms with Gasteiger partial charge >= 0.3 is 0 Å². The maximum Gasteiger partial charge on any atom is 0.0206 e. The summed E-state index contributed by atoms with van der Waals surface area (Å²) in [6.07, 6.45) is 12.9. The van der Waals surface area contributed by atoms with Crippen molar-refractivity contribution in [2.24, 2.45) is 11.8 Å². The summed E-state index contributed by atoms with van der Waals surface area (Å²) in [4.78, 5) is 0. The van der Waals surface area contributed by atoms with Gasteiger partial charge in [0.05, 0.1) is 0 Å². The molecule has 0 aromatic heterocycles. The highest BCUT2D eigenvalue weighted by atomic mass is 15.1. The lowest BCUT2D eigenvalue weighted by molar-refractivity contribution is 0.0000181. The molecular formula is C17H33N. The number of fused-ring (bicyclic) bond motifs is 5. The van der Waals surface area contributed by atoms with Crippen molar-refractivity contribution in [1.29, 1.82) is 0 Å². The summed E-state index contributed by atoms with van der Waals surface area (Å²) in [6.45, 7) is 9.52. The van der Waals surface area contributed by atoms with Crippen molar-refractivity contribution in [2.75, 3.05) is 0 Å². The Bertz CT molecular complexity index is 235. The van der Waals surface area contributed by atoms with Crippen molar-refractivity contribution in [1.82, 2.24) is 5.32 Å². The third-order valence-corrected chi connectivity index (χ3v) is 4.87. The molecule has 106 valence electrons. The largest absolute Gasteiger partial charge is 0.306 e. The summed E-state index contributed by atoms with van der Waals surface area (Å²) < 4.78 is 0. The van der Waals surface area contributed by atoms with Crippen LogP contribution < -0.4 is 5.32 Å². The predicted octanol–water partition coefficient (Wildman–Crippen LogP) is 4.90. The average molecular weight is 251 g/mol. The molecule has 1 nitrogen and oxygen atoms in total. The van der Waals surface area contributed by atoms with E-state index in [4.69, 9.17) is 0 Å². The molecule has 2 heterocycles. The molecule has 0 aromatic carbocycles. The number of hydrogen-bond acceptors (Lipinski definition) is 1. The van der Waals surface area contributed by atoms with E-state index in [1.165, 1.54) is 57.8 Å². The van der Waals surface area contributed by atoms with E-state index in [2.05, 4.69) is 33.0 Å². The minimum absolute atomic E-state index is 0.507. The summed E-state index contributed by atoms with van der Waals surface area (Å²) in [5, 5.41) is 4.11. The first-order chi connectivity index (χ1) is 8.45. The van der Waals surface area contributed by atoms with Gasteiger partial charge in [0.1, 0.15) is 0 Å². The minimum atomic E-state index is 0.507. The molecule has 18 heavy (non-hydrogen) atoms. The smallest absolute Gasteiger partial charge is 0.0206 e. The molecule has 0 aromatic rings. The van der Waals surface area contributed by atoms with Crippen LogP contribution in [0.3, 0.4) is 0 Å². The zero-order chi connectivity index (χ0) is 13.2. The molecule has 3 rings (SSSR count). The van der Waals surface area contributed by atoms with Crippen molar-refractivity contribution in [3.63, 3.8) is 0 Å². The molecule has 2 saturated heterocycles. The molecular weight excluding hydrogens is 218 g/mol. The van der Waals surface area contributed by atoms with Gasteiger partial charge < -0.3 is 5.32 Å². The predicted molar refractivity (Wildman–Crippen MR) is 79.8 cm³/mol. The van der Waals surface area contributed by atoms with Gasteiger partial charge in [-0.25, -0.2) is 0 Å². The minimum Gasteiger partial charge on any atom is -0.306 e. The molecule has 1 saturated carbocycles. The van der Waals surface area contributed by atoms with Gasteiger partial charge in [0.15, 0.2) is 0 Å². The topological polar surface area (TPSA) is 12.0 Å². The van der Waals surface area contributed by atoms with Crippen LogP contribution in [0.4, 0.5) is 0 Å². The first kappa shape index (κ1) is 14.4. The van der Waals surface area contributed by atoms with Crippen LogP contribution in [0.5, 0.6) is 0 Å². The van der Waals surface area contributed by atoms with Gasteiger partial charge in [0.25, 0.3) is 0 Å². The molecule has 1 heteroatoms.